The molecule has 22 heavy (non-hydrogen) atoms. The molecular weight excluding hydrogens is 270 g/mol. The summed E-state index contributed by atoms with van der Waals surface area (Å²) in [5.41, 5.74) is 2.76. The van der Waals surface area contributed by atoms with Crippen molar-refractivity contribution in [2.75, 3.05) is 20.2 Å². The second-order valence-electron chi connectivity index (χ2n) is 5.48. The minimum atomic E-state index is 0.421. The highest BCUT2D eigenvalue weighted by Crippen LogP contribution is 2.30. The Morgan fingerprint density at radius 1 is 1.23 bits per heavy atom. The van der Waals surface area contributed by atoms with Gasteiger partial charge in [0.25, 0.3) is 0 Å². The maximum atomic E-state index is 5.28. The Bertz CT molecular complexity index is 561. The summed E-state index contributed by atoms with van der Waals surface area (Å²) in [6.07, 6.45) is 11.3. The third kappa shape index (κ3) is 4.22. The van der Waals surface area contributed by atoms with Crippen LogP contribution in [-0.4, -0.2) is 25.1 Å². The van der Waals surface area contributed by atoms with Gasteiger partial charge < -0.3 is 4.74 Å². The van der Waals surface area contributed by atoms with Crippen molar-refractivity contribution in [1.29, 1.82) is 0 Å². The molecule has 0 aliphatic heterocycles. The van der Waals surface area contributed by atoms with E-state index in [4.69, 9.17) is 4.74 Å². The first-order chi connectivity index (χ1) is 10.8. The highest BCUT2D eigenvalue weighted by Gasteiger charge is 2.16. The minimum Gasteiger partial charge on any atom is -0.497 e. The molecule has 0 radical (unpaired) electrons. The molecule has 0 N–H and O–H groups in total. The molecule has 0 saturated carbocycles. The van der Waals surface area contributed by atoms with Gasteiger partial charge in [0.15, 0.2) is 0 Å². The molecular formula is C20H25NO. The van der Waals surface area contributed by atoms with Gasteiger partial charge in [0.05, 0.1) is 7.11 Å². The zero-order valence-corrected chi connectivity index (χ0v) is 13.4. The number of benzene rings is 1. The Morgan fingerprint density at radius 2 is 1.95 bits per heavy atom. The Balaban J connectivity index is 2.16. The average molecular weight is 295 g/mol. The predicted molar refractivity (Wildman–Crippen MR) is 93.7 cm³/mol. The van der Waals surface area contributed by atoms with Gasteiger partial charge in [-0.1, -0.05) is 42.5 Å². The number of methoxy groups -OCH3 is 1. The predicted octanol–water partition coefficient (Wildman–Crippen LogP) is 4.43. The molecule has 1 aromatic rings. The zero-order valence-electron chi connectivity index (χ0n) is 13.4. The number of nitrogens with zero attached hydrogens (tertiary/aromatic N) is 1. The maximum absolute atomic E-state index is 5.28. The maximum Gasteiger partial charge on any atom is 0.114 e. The van der Waals surface area contributed by atoms with Crippen LogP contribution in [0.3, 0.4) is 0 Å². The first kappa shape index (κ1) is 16.3. The van der Waals surface area contributed by atoms with Gasteiger partial charge in [-0.05, 0) is 29.7 Å². The smallest absolute Gasteiger partial charge is 0.114 e. The van der Waals surface area contributed by atoms with Gasteiger partial charge in [0.1, 0.15) is 5.76 Å². The van der Waals surface area contributed by atoms with Crippen molar-refractivity contribution in [3.8, 4) is 0 Å². The third-order valence-corrected chi connectivity index (χ3v) is 3.92. The second kappa shape index (κ2) is 8.40. The van der Waals surface area contributed by atoms with Crippen LogP contribution >= 0.6 is 0 Å². The van der Waals surface area contributed by atoms with E-state index < -0.39 is 0 Å². The fourth-order valence-electron chi connectivity index (χ4n) is 2.83. The van der Waals surface area contributed by atoms with E-state index in [0.29, 0.717) is 5.92 Å². The molecule has 0 aromatic heterocycles. The minimum absolute atomic E-state index is 0.421. The molecule has 1 unspecified atom stereocenters. The van der Waals surface area contributed by atoms with Crippen LogP contribution in [0.4, 0.5) is 0 Å². The number of hydrogen-bond donors (Lipinski definition) is 0. The molecule has 0 saturated heterocycles. The van der Waals surface area contributed by atoms with Crippen LogP contribution in [0.5, 0.6) is 0 Å². The molecule has 2 heteroatoms. The van der Waals surface area contributed by atoms with Crippen molar-refractivity contribution in [2.45, 2.75) is 18.9 Å². The lowest BCUT2D eigenvalue weighted by molar-refractivity contribution is 0.302. The SMILES string of the molecule is C=CCN(CC=C)Cc1ccccc1C1C=CC(OC)=CC1. The van der Waals surface area contributed by atoms with Crippen LogP contribution in [0.2, 0.25) is 0 Å². The van der Waals surface area contributed by atoms with Gasteiger partial charge in [-0.3, -0.25) is 4.90 Å². The number of allylic oxidation sites excluding steroid dienone is 3. The van der Waals surface area contributed by atoms with E-state index >= 15 is 0 Å². The molecule has 0 amide bonds. The molecule has 0 spiro atoms. The molecule has 2 rings (SSSR count). The monoisotopic (exact) mass is 295 g/mol. The average Bonchev–Trinajstić information content (AvgIpc) is 2.56. The summed E-state index contributed by atoms with van der Waals surface area (Å²) < 4.78 is 5.28. The highest BCUT2D eigenvalue weighted by molar-refractivity contribution is 5.36. The van der Waals surface area contributed by atoms with Crippen LogP contribution in [0.1, 0.15) is 23.5 Å². The number of rotatable bonds is 8. The lowest BCUT2D eigenvalue weighted by Crippen LogP contribution is -2.24. The van der Waals surface area contributed by atoms with Crippen molar-refractivity contribution in [1.82, 2.24) is 4.90 Å². The molecule has 2 nitrogen and oxygen atoms in total. The zero-order chi connectivity index (χ0) is 15.8. The number of hydrogen-bond acceptors (Lipinski definition) is 2. The lowest BCUT2D eigenvalue weighted by atomic mass is 9.88. The van der Waals surface area contributed by atoms with Crippen molar-refractivity contribution >= 4 is 0 Å². The standard InChI is InChI=1S/C20H25NO/c1-4-14-21(15-5-2)16-18-8-6-7-9-20(18)17-10-12-19(22-3)13-11-17/h4-10,12-13,17H,1-2,11,14-16H2,3H3. The molecule has 1 aliphatic rings. The fraction of sp³-hybridized carbons (Fsp3) is 0.300. The Hall–Kier alpha value is -2.06. The fourth-order valence-corrected chi connectivity index (χ4v) is 2.83. The molecule has 1 aromatic carbocycles. The second-order valence-corrected chi connectivity index (χ2v) is 5.48. The first-order valence-corrected chi connectivity index (χ1v) is 7.72. The van der Waals surface area contributed by atoms with Gasteiger partial charge in [-0.2, -0.15) is 0 Å². The largest absolute Gasteiger partial charge is 0.497 e. The van der Waals surface area contributed by atoms with Crippen molar-refractivity contribution < 1.29 is 4.74 Å². The molecule has 116 valence electrons. The Labute approximate surface area is 134 Å². The summed E-state index contributed by atoms with van der Waals surface area (Å²) in [6, 6.07) is 8.68. The summed E-state index contributed by atoms with van der Waals surface area (Å²) in [5, 5.41) is 0. The molecule has 1 atom stereocenters. The summed E-state index contributed by atoms with van der Waals surface area (Å²) in [4.78, 5) is 2.34. The van der Waals surface area contributed by atoms with E-state index in [1.807, 2.05) is 12.2 Å². The quantitative estimate of drug-likeness (QED) is 0.658. The summed E-state index contributed by atoms with van der Waals surface area (Å²) >= 11 is 0. The molecule has 1 aliphatic carbocycles. The van der Waals surface area contributed by atoms with Gasteiger partial charge in [0, 0.05) is 25.6 Å². The first-order valence-electron chi connectivity index (χ1n) is 7.72. The normalized spacial score (nSPS) is 17.2. The van der Waals surface area contributed by atoms with Crippen molar-refractivity contribution in [3.05, 3.63) is 84.7 Å². The summed E-state index contributed by atoms with van der Waals surface area (Å²) in [6.45, 7) is 10.3. The third-order valence-electron chi connectivity index (χ3n) is 3.92. The van der Waals surface area contributed by atoms with Gasteiger partial charge in [0.2, 0.25) is 0 Å². The van der Waals surface area contributed by atoms with Gasteiger partial charge in [-0.15, -0.1) is 13.2 Å². The van der Waals surface area contributed by atoms with Gasteiger partial charge >= 0.3 is 0 Å². The van der Waals surface area contributed by atoms with Gasteiger partial charge in [-0.25, -0.2) is 0 Å². The van der Waals surface area contributed by atoms with E-state index in [1.54, 1.807) is 7.11 Å². The van der Waals surface area contributed by atoms with Crippen molar-refractivity contribution in [3.63, 3.8) is 0 Å². The van der Waals surface area contributed by atoms with Crippen LogP contribution in [0.15, 0.2) is 73.6 Å². The van der Waals surface area contributed by atoms with Crippen LogP contribution in [-0.2, 0) is 11.3 Å². The number of ether oxygens (including phenoxy) is 1. The van der Waals surface area contributed by atoms with E-state index in [1.165, 1.54) is 11.1 Å². The topological polar surface area (TPSA) is 12.5 Å². The van der Waals surface area contributed by atoms with E-state index in [2.05, 4.69) is 60.6 Å². The molecule has 0 fully saturated rings. The van der Waals surface area contributed by atoms with Crippen molar-refractivity contribution in [2.24, 2.45) is 0 Å². The van der Waals surface area contributed by atoms with E-state index in [0.717, 1.165) is 31.8 Å². The lowest BCUT2D eigenvalue weighted by Gasteiger charge is -2.24. The molecule has 0 heterocycles. The van der Waals surface area contributed by atoms with E-state index in [9.17, 15) is 0 Å². The van der Waals surface area contributed by atoms with Crippen LogP contribution < -0.4 is 0 Å². The van der Waals surface area contributed by atoms with Crippen LogP contribution in [0.25, 0.3) is 0 Å². The highest BCUT2D eigenvalue weighted by atomic mass is 16.5. The summed E-state index contributed by atoms with van der Waals surface area (Å²) in [5.74, 6) is 1.37. The molecule has 0 bridgehead atoms. The van der Waals surface area contributed by atoms with Crippen LogP contribution in [0, 0.1) is 0 Å². The van der Waals surface area contributed by atoms with E-state index in [-0.39, 0.29) is 0 Å². The Kier molecular flexibility index (Phi) is 6.23. The summed E-state index contributed by atoms with van der Waals surface area (Å²) in [7, 11) is 1.72. The Morgan fingerprint density at radius 3 is 2.55 bits per heavy atom.